The summed E-state index contributed by atoms with van der Waals surface area (Å²) in [5.41, 5.74) is 0.402. The van der Waals surface area contributed by atoms with E-state index in [1.165, 1.54) is 7.11 Å². The number of pyridine rings is 1. The van der Waals surface area contributed by atoms with E-state index in [9.17, 15) is 14.4 Å². The fourth-order valence-electron chi connectivity index (χ4n) is 5.98. The molecule has 0 spiro atoms. The molecular formula is C34H39NO7. The van der Waals surface area contributed by atoms with Gasteiger partial charge in [-0.3, -0.25) is 14.4 Å². The predicted molar refractivity (Wildman–Crippen MR) is 163 cm³/mol. The van der Waals surface area contributed by atoms with E-state index >= 15 is 0 Å². The average Bonchev–Trinajstić information content (AvgIpc) is 2.90. The lowest BCUT2D eigenvalue weighted by Gasteiger charge is -2.44. The van der Waals surface area contributed by atoms with Crippen LogP contribution in [-0.4, -0.2) is 35.3 Å². The highest BCUT2D eigenvalue weighted by molar-refractivity contribution is 6.11. The van der Waals surface area contributed by atoms with Gasteiger partial charge in [0.05, 0.1) is 34.5 Å². The third kappa shape index (κ3) is 5.08. The van der Waals surface area contributed by atoms with Crippen molar-refractivity contribution >= 4 is 44.5 Å². The zero-order chi connectivity index (χ0) is 30.5. The Morgan fingerprint density at radius 2 is 1.60 bits per heavy atom. The van der Waals surface area contributed by atoms with Crippen LogP contribution in [0.5, 0.6) is 11.5 Å². The van der Waals surface area contributed by atoms with E-state index in [4.69, 9.17) is 18.9 Å². The largest absolute Gasteiger partial charge is 0.496 e. The molecule has 1 aliphatic heterocycles. The van der Waals surface area contributed by atoms with Gasteiger partial charge in [0.15, 0.2) is 12.2 Å². The lowest BCUT2D eigenvalue weighted by Crippen LogP contribution is -2.52. The summed E-state index contributed by atoms with van der Waals surface area (Å²) in [6.45, 7) is 11.3. The molecule has 0 saturated carbocycles. The highest BCUT2D eigenvalue weighted by atomic mass is 16.6. The van der Waals surface area contributed by atoms with Crippen LogP contribution in [0.25, 0.3) is 32.6 Å². The first-order chi connectivity index (χ1) is 19.8. The van der Waals surface area contributed by atoms with Gasteiger partial charge in [0.2, 0.25) is 5.43 Å². The van der Waals surface area contributed by atoms with E-state index in [-0.39, 0.29) is 30.1 Å². The molecule has 5 rings (SSSR count). The van der Waals surface area contributed by atoms with Crippen molar-refractivity contribution in [3.05, 3.63) is 58.3 Å². The van der Waals surface area contributed by atoms with E-state index in [0.29, 0.717) is 38.9 Å². The minimum Gasteiger partial charge on any atom is -0.496 e. The Labute approximate surface area is 245 Å². The number of methoxy groups -OCH3 is 1. The van der Waals surface area contributed by atoms with Crippen LogP contribution < -0.4 is 14.9 Å². The number of hydrogen-bond acceptors (Lipinski definition) is 7. The van der Waals surface area contributed by atoms with Crippen LogP contribution >= 0.6 is 0 Å². The number of esters is 2. The van der Waals surface area contributed by atoms with Gasteiger partial charge < -0.3 is 23.5 Å². The van der Waals surface area contributed by atoms with E-state index in [2.05, 4.69) is 0 Å². The molecule has 0 radical (unpaired) electrons. The maximum atomic E-state index is 14.4. The highest BCUT2D eigenvalue weighted by Crippen LogP contribution is 2.49. The summed E-state index contributed by atoms with van der Waals surface area (Å²) in [5, 5.41) is 2.67. The monoisotopic (exact) mass is 573 g/mol. The minimum atomic E-state index is -1.06. The first-order valence-electron chi connectivity index (χ1n) is 14.5. The molecule has 1 aliphatic rings. The normalized spacial score (nSPS) is 17.9. The third-order valence-electron chi connectivity index (χ3n) is 7.83. The molecule has 0 bridgehead atoms. The number of ether oxygens (including phenoxy) is 4. The van der Waals surface area contributed by atoms with Crippen LogP contribution in [0, 0.1) is 11.8 Å². The standard InChI is InChI=1S/C34H39NO7/c1-18(2)15-25(36)40-32-29-24(42-34(5,6)33(32)41-26(37)16-19(3)4)17-23(39-8)28-30(29)35(7)22-14-13-20-11-9-10-12-21(20)27(22)31(28)38/h9-14,17-19,32-33H,15-16H2,1-8H3. The summed E-state index contributed by atoms with van der Waals surface area (Å²) < 4.78 is 26.4. The fourth-order valence-corrected chi connectivity index (χ4v) is 5.98. The molecule has 3 aromatic carbocycles. The summed E-state index contributed by atoms with van der Waals surface area (Å²) in [4.78, 5) is 40.6. The maximum absolute atomic E-state index is 14.4. The Hall–Kier alpha value is -4.07. The quantitative estimate of drug-likeness (QED) is 0.139. The fraction of sp³-hybridized carbons (Fsp3) is 0.441. The smallest absolute Gasteiger partial charge is 0.306 e. The van der Waals surface area contributed by atoms with E-state index in [0.717, 1.165) is 10.8 Å². The molecule has 8 nitrogen and oxygen atoms in total. The Kier molecular flexibility index (Phi) is 7.68. The molecule has 0 fully saturated rings. The van der Waals surface area contributed by atoms with E-state index < -0.39 is 29.7 Å². The summed E-state index contributed by atoms with van der Waals surface area (Å²) >= 11 is 0. The molecule has 0 amide bonds. The van der Waals surface area contributed by atoms with Gasteiger partial charge in [0.25, 0.3) is 0 Å². The van der Waals surface area contributed by atoms with Crippen LogP contribution in [0.3, 0.4) is 0 Å². The maximum Gasteiger partial charge on any atom is 0.306 e. The molecule has 2 atom stereocenters. The number of benzene rings is 3. The zero-order valence-corrected chi connectivity index (χ0v) is 25.6. The minimum absolute atomic E-state index is 0.0564. The summed E-state index contributed by atoms with van der Waals surface area (Å²) in [5.74, 6) is 0.0378. The second-order valence-electron chi connectivity index (χ2n) is 12.5. The molecule has 0 N–H and O–H groups in total. The Balaban J connectivity index is 1.86. The first-order valence-corrected chi connectivity index (χ1v) is 14.5. The van der Waals surface area contributed by atoms with Crippen molar-refractivity contribution in [2.75, 3.05) is 7.11 Å². The molecule has 222 valence electrons. The Bertz CT molecular complexity index is 1770. The van der Waals surface area contributed by atoms with Crippen molar-refractivity contribution in [2.24, 2.45) is 18.9 Å². The molecule has 0 saturated heterocycles. The van der Waals surface area contributed by atoms with Crippen molar-refractivity contribution < 1.29 is 28.5 Å². The van der Waals surface area contributed by atoms with Gasteiger partial charge in [-0.1, -0.05) is 58.0 Å². The Morgan fingerprint density at radius 1 is 0.952 bits per heavy atom. The second kappa shape index (κ2) is 11.0. The van der Waals surface area contributed by atoms with Crippen molar-refractivity contribution in [1.29, 1.82) is 0 Å². The number of fused-ring (bicyclic) bond motifs is 6. The molecule has 2 heterocycles. The topological polar surface area (TPSA) is 93.1 Å². The number of rotatable bonds is 7. The van der Waals surface area contributed by atoms with Gasteiger partial charge in [-0.2, -0.15) is 0 Å². The summed E-state index contributed by atoms with van der Waals surface area (Å²) in [7, 11) is 3.38. The van der Waals surface area contributed by atoms with E-state index in [1.54, 1.807) is 19.9 Å². The van der Waals surface area contributed by atoms with Crippen molar-refractivity contribution in [3.63, 3.8) is 0 Å². The average molecular weight is 574 g/mol. The molecular weight excluding hydrogens is 534 g/mol. The number of aromatic nitrogens is 1. The first kappa shape index (κ1) is 29.4. The Morgan fingerprint density at radius 3 is 2.24 bits per heavy atom. The lowest BCUT2D eigenvalue weighted by molar-refractivity contribution is -0.191. The lowest BCUT2D eigenvalue weighted by atomic mass is 9.86. The molecule has 42 heavy (non-hydrogen) atoms. The van der Waals surface area contributed by atoms with Crippen LogP contribution in [0.1, 0.15) is 66.1 Å². The predicted octanol–water partition coefficient (Wildman–Crippen LogP) is 6.61. The molecule has 4 aromatic rings. The van der Waals surface area contributed by atoms with E-state index in [1.807, 2.05) is 75.7 Å². The number of hydrogen-bond donors (Lipinski definition) is 0. The van der Waals surface area contributed by atoms with Gasteiger partial charge in [-0.15, -0.1) is 0 Å². The van der Waals surface area contributed by atoms with Crippen molar-refractivity contribution in [2.45, 2.75) is 72.2 Å². The van der Waals surface area contributed by atoms with Crippen molar-refractivity contribution in [1.82, 2.24) is 4.57 Å². The SMILES string of the molecule is COc1cc2c(c3c1c(=O)c1c4ccccc4ccc1n3C)C(OC(=O)CC(C)C)C(OC(=O)CC(C)C)C(C)(C)O2. The van der Waals surface area contributed by atoms with Gasteiger partial charge >= 0.3 is 11.9 Å². The highest BCUT2D eigenvalue weighted by Gasteiger charge is 2.50. The van der Waals surface area contributed by atoms with Gasteiger partial charge in [-0.25, -0.2) is 0 Å². The number of nitrogens with zero attached hydrogens (tertiary/aromatic N) is 1. The van der Waals surface area contributed by atoms with Crippen LogP contribution in [0.2, 0.25) is 0 Å². The zero-order valence-electron chi connectivity index (χ0n) is 25.6. The summed E-state index contributed by atoms with van der Waals surface area (Å²) in [6.07, 6.45) is -1.61. The van der Waals surface area contributed by atoms with Crippen LogP contribution in [-0.2, 0) is 26.1 Å². The summed E-state index contributed by atoms with van der Waals surface area (Å²) in [6, 6.07) is 13.3. The van der Waals surface area contributed by atoms with Gasteiger partial charge in [0.1, 0.15) is 17.1 Å². The van der Waals surface area contributed by atoms with Crippen LogP contribution in [0.4, 0.5) is 0 Å². The van der Waals surface area contributed by atoms with Crippen molar-refractivity contribution in [3.8, 4) is 11.5 Å². The number of carbonyl (C=O) groups is 2. The molecule has 1 aromatic heterocycles. The molecule has 0 aliphatic carbocycles. The van der Waals surface area contributed by atoms with Crippen LogP contribution in [0.15, 0.2) is 47.3 Å². The molecule has 8 heteroatoms. The second-order valence-corrected chi connectivity index (χ2v) is 12.5. The van der Waals surface area contributed by atoms with Gasteiger partial charge in [0, 0.05) is 26.0 Å². The number of aryl methyl sites for hydroxylation is 1. The molecule has 2 unspecified atom stereocenters. The number of carbonyl (C=O) groups excluding carboxylic acids is 2. The van der Waals surface area contributed by atoms with Gasteiger partial charge in [-0.05, 0) is 42.5 Å². The third-order valence-corrected chi connectivity index (χ3v) is 7.83.